The molecule has 0 bridgehead atoms. The molecule has 0 spiro atoms. The standard InChI is InChI=1S/C18H19NO4S/c1-2-23-18-12-11-17(20)19(18)24(21,22)16-10-6-9-15(13-16)14-7-4-3-5-8-14/h3-10,13,18H,2,11-12H2,1H3. The van der Waals surface area contributed by atoms with E-state index in [2.05, 4.69) is 0 Å². The summed E-state index contributed by atoms with van der Waals surface area (Å²) in [6, 6.07) is 16.2. The van der Waals surface area contributed by atoms with Gasteiger partial charge in [0.05, 0.1) is 4.90 Å². The van der Waals surface area contributed by atoms with Gasteiger partial charge in [0.15, 0.2) is 0 Å². The lowest BCUT2D eigenvalue weighted by Crippen LogP contribution is -2.40. The molecule has 1 aliphatic rings. The molecular formula is C18H19NO4S. The number of benzene rings is 2. The summed E-state index contributed by atoms with van der Waals surface area (Å²) in [5, 5.41) is 0. The van der Waals surface area contributed by atoms with Gasteiger partial charge in [-0.3, -0.25) is 4.79 Å². The van der Waals surface area contributed by atoms with Crippen molar-refractivity contribution in [3.8, 4) is 11.1 Å². The van der Waals surface area contributed by atoms with Crippen molar-refractivity contribution in [1.29, 1.82) is 0 Å². The van der Waals surface area contributed by atoms with Crippen LogP contribution in [0.15, 0.2) is 59.5 Å². The van der Waals surface area contributed by atoms with Crippen molar-refractivity contribution in [3.05, 3.63) is 54.6 Å². The first-order valence-corrected chi connectivity index (χ1v) is 9.32. The van der Waals surface area contributed by atoms with Gasteiger partial charge in [-0.1, -0.05) is 42.5 Å². The second kappa shape index (κ2) is 6.75. The minimum atomic E-state index is -3.93. The number of nitrogens with zero attached hydrogens (tertiary/aromatic N) is 1. The SMILES string of the molecule is CCOC1CCC(=O)N1S(=O)(=O)c1cccc(-c2ccccc2)c1. The highest BCUT2D eigenvalue weighted by Gasteiger charge is 2.41. The molecule has 0 radical (unpaired) electrons. The minimum Gasteiger partial charge on any atom is -0.357 e. The summed E-state index contributed by atoms with van der Waals surface area (Å²) in [6.45, 7) is 2.14. The highest BCUT2D eigenvalue weighted by molar-refractivity contribution is 7.89. The Hall–Kier alpha value is -2.18. The number of hydrogen-bond donors (Lipinski definition) is 0. The van der Waals surface area contributed by atoms with Crippen LogP contribution in [0.3, 0.4) is 0 Å². The number of carbonyl (C=O) groups is 1. The maximum atomic E-state index is 12.9. The average Bonchev–Trinajstić information content (AvgIpc) is 2.97. The average molecular weight is 345 g/mol. The van der Waals surface area contributed by atoms with E-state index in [9.17, 15) is 13.2 Å². The number of carbonyl (C=O) groups excluding carboxylic acids is 1. The molecule has 1 atom stereocenters. The lowest BCUT2D eigenvalue weighted by molar-refractivity contribution is -0.128. The molecule has 5 nitrogen and oxygen atoms in total. The van der Waals surface area contributed by atoms with Gasteiger partial charge in [-0.15, -0.1) is 0 Å². The van der Waals surface area contributed by atoms with Crippen LogP contribution in [0.25, 0.3) is 11.1 Å². The smallest absolute Gasteiger partial charge is 0.268 e. The van der Waals surface area contributed by atoms with E-state index in [4.69, 9.17) is 4.74 Å². The van der Waals surface area contributed by atoms with Crippen molar-refractivity contribution in [2.75, 3.05) is 6.61 Å². The largest absolute Gasteiger partial charge is 0.357 e. The second-order valence-electron chi connectivity index (χ2n) is 5.54. The van der Waals surface area contributed by atoms with Crippen LogP contribution in [-0.2, 0) is 19.6 Å². The van der Waals surface area contributed by atoms with Gasteiger partial charge < -0.3 is 4.74 Å². The van der Waals surface area contributed by atoms with E-state index < -0.39 is 22.2 Å². The van der Waals surface area contributed by atoms with E-state index in [1.54, 1.807) is 19.1 Å². The Morgan fingerprint density at radius 2 is 1.79 bits per heavy atom. The number of sulfonamides is 1. The van der Waals surface area contributed by atoms with Gasteiger partial charge in [-0.05, 0) is 30.2 Å². The van der Waals surface area contributed by atoms with Gasteiger partial charge in [0, 0.05) is 19.4 Å². The topological polar surface area (TPSA) is 63.7 Å². The Bertz CT molecular complexity index is 833. The zero-order chi connectivity index (χ0) is 17.2. The van der Waals surface area contributed by atoms with E-state index in [1.807, 2.05) is 36.4 Å². The normalized spacial score (nSPS) is 18.1. The monoisotopic (exact) mass is 345 g/mol. The van der Waals surface area contributed by atoms with E-state index in [1.165, 1.54) is 6.07 Å². The van der Waals surface area contributed by atoms with E-state index in [-0.39, 0.29) is 11.3 Å². The molecule has 0 aliphatic carbocycles. The molecule has 1 amide bonds. The Morgan fingerprint density at radius 3 is 2.50 bits per heavy atom. The molecule has 6 heteroatoms. The van der Waals surface area contributed by atoms with Crippen LogP contribution in [-0.4, -0.2) is 31.5 Å². The highest BCUT2D eigenvalue weighted by Crippen LogP contribution is 2.30. The number of ether oxygens (including phenoxy) is 1. The third-order valence-electron chi connectivity index (χ3n) is 3.97. The first-order chi connectivity index (χ1) is 11.5. The maximum absolute atomic E-state index is 12.9. The van der Waals surface area contributed by atoms with Crippen LogP contribution in [0.1, 0.15) is 19.8 Å². The van der Waals surface area contributed by atoms with Gasteiger partial charge in [0.1, 0.15) is 6.23 Å². The van der Waals surface area contributed by atoms with E-state index in [0.717, 1.165) is 15.4 Å². The molecule has 2 aromatic carbocycles. The maximum Gasteiger partial charge on any atom is 0.268 e. The third kappa shape index (κ3) is 3.07. The molecule has 2 aromatic rings. The van der Waals surface area contributed by atoms with Crippen molar-refractivity contribution in [1.82, 2.24) is 4.31 Å². The van der Waals surface area contributed by atoms with E-state index >= 15 is 0 Å². The molecule has 3 rings (SSSR count). The van der Waals surface area contributed by atoms with Gasteiger partial charge in [0.25, 0.3) is 10.0 Å². The van der Waals surface area contributed by atoms with Gasteiger partial charge in [-0.2, -0.15) is 0 Å². The lowest BCUT2D eigenvalue weighted by atomic mass is 10.1. The highest BCUT2D eigenvalue weighted by atomic mass is 32.2. The first kappa shape index (κ1) is 16.7. The van der Waals surface area contributed by atoms with Crippen molar-refractivity contribution in [2.24, 2.45) is 0 Å². The summed E-state index contributed by atoms with van der Waals surface area (Å²) in [4.78, 5) is 12.2. The van der Waals surface area contributed by atoms with Crippen molar-refractivity contribution in [2.45, 2.75) is 30.9 Å². The summed E-state index contributed by atoms with van der Waals surface area (Å²) in [6.07, 6.45) is -0.139. The Morgan fingerprint density at radius 1 is 1.08 bits per heavy atom. The summed E-state index contributed by atoms with van der Waals surface area (Å²) in [7, 11) is -3.93. The fourth-order valence-corrected chi connectivity index (χ4v) is 4.44. The van der Waals surface area contributed by atoms with Crippen LogP contribution < -0.4 is 0 Å². The quantitative estimate of drug-likeness (QED) is 0.835. The molecule has 0 aromatic heterocycles. The molecule has 24 heavy (non-hydrogen) atoms. The fourth-order valence-electron chi connectivity index (χ4n) is 2.85. The zero-order valence-electron chi connectivity index (χ0n) is 13.4. The molecule has 1 aliphatic heterocycles. The lowest BCUT2D eigenvalue weighted by Gasteiger charge is -2.24. The Kier molecular flexibility index (Phi) is 4.69. The summed E-state index contributed by atoms with van der Waals surface area (Å²) in [5.41, 5.74) is 1.71. The predicted molar refractivity (Wildman–Crippen MR) is 90.6 cm³/mol. The summed E-state index contributed by atoms with van der Waals surface area (Å²) in [5.74, 6) is -0.418. The van der Waals surface area contributed by atoms with Crippen molar-refractivity contribution >= 4 is 15.9 Å². The van der Waals surface area contributed by atoms with Crippen LogP contribution in [0, 0.1) is 0 Å². The molecule has 0 saturated carbocycles. The Labute approximate surface area is 141 Å². The number of rotatable bonds is 5. The van der Waals surface area contributed by atoms with E-state index in [0.29, 0.717) is 13.0 Å². The molecule has 126 valence electrons. The van der Waals surface area contributed by atoms with Gasteiger partial charge in [-0.25, -0.2) is 12.7 Å². The van der Waals surface area contributed by atoms with Crippen molar-refractivity contribution < 1.29 is 17.9 Å². The first-order valence-electron chi connectivity index (χ1n) is 7.88. The molecule has 1 saturated heterocycles. The summed E-state index contributed by atoms with van der Waals surface area (Å²) >= 11 is 0. The molecule has 1 fully saturated rings. The van der Waals surface area contributed by atoms with Crippen molar-refractivity contribution in [3.63, 3.8) is 0 Å². The fraction of sp³-hybridized carbons (Fsp3) is 0.278. The minimum absolute atomic E-state index is 0.101. The van der Waals surface area contributed by atoms with Crippen LogP contribution in [0.2, 0.25) is 0 Å². The molecular weight excluding hydrogens is 326 g/mol. The number of amides is 1. The van der Waals surface area contributed by atoms with Gasteiger partial charge in [0.2, 0.25) is 5.91 Å². The predicted octanol–water partition coefficient (Wildman–Crippen LogP) is 3.03. The van der Waals surface area contributed by atoms with Crippen LogP contribution >= 0.6 is 0 Å². The molecule has 1 heterocycles. The van der Waals surface area contributed by atoms with Crippen LogP contribution in [0.4, 0.5) is 0 Å². The molecule has 1 unspecified atom stereocenters. The van der Waals surface area contributed by atoms with Gasteiger partial charge >= 0.3 is 0 Å². The third-order valence-corrected chi connectivity index (χ3v) is 5.78. The zero-order valence-corrected chi connectivity index (χ0v) is 14.2. The Balaban J connectivity index is 2.00. The van der Waals surface area contributed by atoms with Crippen LogP contribution in [0.5, 0.6) is 0 Å². The summed E-state index contributed by atoms with van der Waals surface area (Å²) < 4.78 is 32.2. The number of hydrogen-bond acceptors (Lipinski definition) is 4. The second-order valence-corrected chi connectivity index (χ2v) is 7.35. The molecule has 0 N–H and O–H groups in total.